The van der Waals surface area contributed by atoms with Gasteiger partial charge in [-0.15, -0.1) is 0 Å². The highest BCUT2D eigenvalue weighted by atomic mass is 32.2. The van der Waals surface area contributed by atoms with Gasteiger partial charge in [-0.25, -0.2) is 13.4 Å². The van der Waals surface area contributed by atoms with Crippen LogP contribution in [-0.2, 0) is 14.6 Å². The number of sulfone groups is 1. The van der Waals surface area contributed by atoms with Gasteiger partial charge in [0.1, 0.15) is 17.4 Å². The number of anilines is 1. The van der Waals surface area contributed by atoms with Gasteiger partial charge in [-0.05, 0) is 40.0 Å². The van der Waals surface area contributed by atoms with Crippen LogP contribution in [0.2, 0.25) is 0 Å². The number of carbonyl (C=O) groups excluding carboxylic acids is 1. The fourth-order valence-corrected chi connectivity index (χ4v) is 5.82. The molecule has 0 spiro atoms. The number of amides is 1. The topological polar surface area (TPSA) is 105 Å². The van der Waals surface area contributed by atoms with Gasteiger partial charge in [0.2, 0.25) is 11.6 Å². The van der Waals surface area contributed by atoms with Crippen LogP contribution in [0, 0.1) is 26.7 Å². The highest BCUT2D eigenvalue weighted by molar-refractivity contribution is 7.91. The van der Waals surface area contributed by atoms with E-state index in [1.165, 1.54) is 0 Å². The van der Waals surface area contributed by atoms with E-state index in [1.807, 2.05) is 20.8 Å². The quantitative estimate of drug-likeness (QED) is 0.826. The van der Waals surface area contributed by atoms with Gasteiger partial charge in [-0.1, -0.05) is 0 Å². The van der Waals surface area contributed by atoms with Crippen molar-refractivity contribution in [2.75, 3.05) is 29.5 Å². The second-order valence-electron chi connectivity index (χ2n) is 7.93. The van der Waals surface area contributed by atoms with E-state index in [9.17, 15) is 13.2 Å². The Bertz CT molecular complexity index is 1020. The van der Waals surface area contributed by atoms with Crippen LogP contribution in [0.3, 0.4) is 0 Å². The summed E-state index contributed by atoms with van der Waals surface area (Å²) in [5.41, 5.74) is 1.66. The van der Waals surface area contributed by atoms with Crippen molar-refractivity contribution in [3.05, 3.63) is 17.1 Å². The van der Waals surface area contributed by atoms with Crippen LogP contribution in [0.1, 0.15) is 36.4 Å². The molecule has 0 bridgehead atoms. The second kappa shape index (κ2) is 7.02. The van der Waals surface area contributed by atoms with E-state index in [1.54, 1.807) is 0 Å². The third-order valence-corrected chi connectivity index (χ3v) is 7.63. The summed E-state index contributed by atoms with van der Waals surface area (Å²) in [5, 5.41) is 3.88. The highest BCUT2D eigenvalue weighted by Crippen LogP contribution is 2.33. The smallest absolute Gasteiger partial charge is 0.231 e. The fraction of sp³-hybridized carbons (Fsp3) is 0.632. The van der Waals surface area contributed by atoms with Crippen molar-refractivity contribution < 1.29 is 17.6 Å². The number of hydrogen-bond donors (Lipinski definition) is 1. The zero-order chi connectivity index (χ0) is 20.1. The summed E-state index contributed by atoms with van der Waals surface area (Å²) < 4.78 is 28.9. The molecular weight excluding hydrogens is 380 g/mol. The summed E-state index contributed by atoms with van der Waals surface area (Å²) in [5.74, 6) is 2.50. The number of furan rings is 1. The highest BCUT2D eigenvalue weighted by Gasteiger charge is 2.33. The Balaban J connectivity index is 1.45. The summed E-state index contributed by atoms with van der Waals surface area (Å²) in [7, 11) is -2.99. The van der Waals surface area contributed by atoms with Crippen LogP contribution in [0.25, 0.3) is 11.1 Å². The average Bonchev–Trinajstić information content (AvgIpc) is 3.12. The van der Waals surface area contributed by atoms with Crippen LogP contribution in [0.5, 0.6) is 0 Å². The van der Waals surface area contributed by atoms with Crippen LogP contribution >= 0.6 is 0 Å². The van der Waals surface area contributed by atoms with Gasteiger partial charge < -0.3 is 14.6 Å². The summed E-state index contributed by atoms with van der Waals surface area (Å²) in [4.78, 5) is 23.8. The van der Waals surface area contributed by atoms with E-state index in [0.717, 1.165) is 35.6 Å². The Morgan fingerprint density at radius 2 is 1.86 bits per heavy atom. The molecular formula is C19H26N4O4S. The lowest BCUT2D eigenvalue weighted by molar-refractivity contribution is -0.126. The monoisotopic (exact) mass is 406 g/mol. The van der Waals surface area contributed by atoms with Crippen molar-refractivity contribution in [1.29, 1.82) is 0 Å². The maximum absolute atomic E-state index is 12.6. The Morgan fingerprint density at radius 3 is 2.50 bits per heavy atom. The molecule has 0 radical (unpaired) electrons. The van der Waals surface area contributed by atoms with Crippen LogP contribution in [-0.4, -0.2) is 54.9 Å². The minimum atomic E-state index is -2.99. The number of piperidine rings is 1. The predicted octanol–water partition coefficient (Wildman–Crippen LogP) is 1.67. The van der Waals surface area contributed by atoms with Gasteiger partial charge in [0.05, 0.1) is 16.9 Å². The van der Waals surface area contributed by atoms with Crippen LogP contribution in [0.15, 0.2) is 4.42 Å². The van der Waals surface area contributed by atoms with E-state index < -0.39 is 9.84 Å². The molecule has 28 heavy (non-hydrogen) atoms. The summed E-state index contributed by atoms with van der Waals surface area (Å²) in [6.07, 6.45) is 1.95. The number of aromatic nitrogens is 2. The van der Waals surface area contributed by atoms with E-state index in [-0.39, 0.29) is 29.4 Å². The molecule has 1 unspecified atom stereocenters. The third-order valence-electron chi connectivity index (χ3n) is 5.87. The number of carbonyl (C=O) groups is 1. The largest absolute Gasteiger partial charge is 0.443 e. The number of rotatable bonds is 3. The minimum absolute atomic E-state index is 0.0268. The zero-order valence-electron chi connectivity index (χ0n) is 16.5. The summed E-state index contributed by atoms with van der Waals surface area (Å²) >= 11 is 0. The normalized spacial score (nSPS) is 22.7. The first kappa shape index (κ1) is 19.2. The SMILES string of the molecule is Cc1nc(N2CCC(C(=O)NC3CCS(=O)(=O)C3)CC2)c2c(C)c(C)oc2n1. The minimum Gasteiger partial charge on any atom is -0.443 e. The lowest BCUT2D eigenvalue weighted by Crippen LogP contribution is -2.44. The molecule has 2 saturated heterocycles. The van der Waals surface area contributed by atoms with E-state index in [4.69, 9.17) is 4.42 Å². The Labute approximate surface area is 164 Å². The molecule has 1 amide bonds. The van der Waals surface area contributed by atoms with Gasteiger partial charge in [-0.2, -0.15) is 4.98 Å². The molecule has 4 heterocycles. The lowest BCUT2D eigenvalue weighted by Gasteiger charge is -2.33. The Morgan fingerprint density at radius 1 is 1.14 bits per heavy atom. The summed E-state index contributed by atoms with van der Waals surface area (Å²) in [6.45, 7) is 7.23. The van der Waals surface area contributed by atoms with Crippen molar-refractivity contribution >= 4 is 32.7 Å². The zero-order valence-corrected chi connectivity index (χ0v) is 17.3. The maximum Gasteiger partial charge on any atom is 0.231 e. The average molecular weight is 407 g/mol. The second-order valence-corrected chi connectivity index (χ2v) is 10.2. The number of nitrogens with zero attached hydrogens (tertiary/aromatic N) is 3. The van der Waals surface area contributed by atoms with E-state index >= 15 is 0 Å². The Kier molecular flexibility index (Phi) is 4.81. The van der Waals surface area contributed by atoms with Gasteiger partial charge in [0, 0.05) is 30.6 Å². The standard InChI is InChI=1S/C19H26N4O4S/c1-11-12(2)27-19-16(11)17(20-13(3)21-19)23-7-4-14(5-8-23)18(24)22-15-6-9-28(25,26)10-15/h14-15H,4-10H2,1-3H3,(H,22,24). The van der Waals surface area contributed by atoms with Crippen molar-refractivity contribution in [2.45, 2.75) is 46.1 Å². The molecule has 2 aliphatic heterocycles. The molecule has 2 aromatic rings. The van der Waals surface area contributed by atoms with E-state index in [2.05, 4.69) is 20.2 Å². The van der Waals surface area contributed by atoms with Crippen molar-refractivity contribution in [3.8, 4) is 0 Å². The molecule has 2 fully saturated rings. The molecule has 1 N–H and O–H groups in total. The predicted molar refractivity (Wildman–Crippen MR) is 106 cm³/mol. The molecule has 9 heteroatoms. The van der Waals surface area contributed by atoms with E-state index in [0.29, 0.717) is 30.8 Å². The third kappa shape index (κ3) is 3.59. The lowest BCUT2D eigenvalue weighted by atomic mass is 9.95. The number of aryl methyl sites for hydroxylation is 3. The van der Waals surface area contributed by atoms with Crippen molar-refractivity contribution in [1.82, 2.24) is 15.3 Å². The van der Waals surface area contributed by atoms with Crippen molar-refractivity contribution in [3.63, 3.8) is 0 Å². The molecule has 2 aromatic heterocycles. The first-order valence-corrected chi connectivity index (χ1v) is 11.6. The van der Waals surface area contributed by atoms with Gasteiger partial charge in [0.15, 0.2) is 9.84 Å². The van der Waals surface area contributed by atoms with Gasteiger partial charge >= 0.3 is 0 Å². The number of hydrogen-bond acceptors (Lipinski definition) is 7. The fourth-order valence-electron chi connectivity index (χ4n) is 4.14. The first-order chi connectivity index (χ1) is 13.2. The Hall–Kier alpha value is -2.16. The first-order valence-electron chi connectivity index (χ1n) is 9.73. The molecule has 4 rings (SSSR count). The van der Waals surface area contributed by atoms with Crippen molar-refractivity contribution in [2.24, 2.45) is 5.92 Å². The summed E-state index contributed by atoms with van der Waals surface area (Å²) in [6, 6.07) is -0.240. The molecule has 0 saturated carbocycles. The molecule has 1 atom stereocenters. The molecule has 0 aromatic carbocycles. The van der Waals surface area contributed by atoms with Gasteiger partial charge in [0.25, 0.3) is 0 Å². The van der Waals surface area contributed by atoms with Crippen LogP contribution < -0.4 is 10.2 Å². The number of fused-ring (bicyclic) bond motifs is 1. The van der Waals surface area contributed by atoms with Gasteiger partial charge in [-0.3, -0.25) is 4.79 Å². The molecule has 2 aliphatic rings. The maximum atomic E-state index is 12.6. The molecule has 0 aliphatic carbocycles. The van der Waals surface area contributed by atoms with Crippen LogP contribution in [0.4, 0.5) is 5.82 Å². The number of nitrogens with one attached hydrogen (secondary N) is 1. The molecule has 8 nitrogen and oxygen atoms in total. The molecule has 152 valence electrons.